The topological polar surface area (TPSA) is 90.9 Å². The fraction of sp³-hybridized carbons (Fsp3) is 0.720. The second-order valence-electron chi connectivity index (χ2n) is 10.0. The fourth-order valence-corrected chi connectivity index (χ4v) is 6.51. The van der Waals surface area contributed by atoms with Gasteiger partial charge >= 0.3 is 0 Å². The van der Waals surface area contributed by atoms with Crippen molar-refractivity contribution >= 4 is 21.8 Å². The summed E-state index contributed by atoms with van der Waals surface area (Å²) in [4.78, 5) is 35.1. The van der Waals surface area contributed by atoms with Crippen LogP contribution < -0.4 is 0 Å². The molecular weight excluding hydrogens is 452 g/mol. The molecule has 1 aromatic heterocycles. The maximum atomic E-state index is 13.4. The Balaban J connectivity index is 1.76. The van der Waals surface area contributed by atoms with Crippen molar-refractivity contribution in [3.05, 3.63) is 29.6 Å². The molecule has 0 saturated carbocycles. The first-order chi connectivity index (χ1) is 16.1. The standard InChI is InChI=1S/C25H40N4O4S/c1-6-8-13-27(14-9-7-2)17-20-11-10-19(16-26-20)24(30)28-15-12-21-23(28)22(18(3)4)25(31)29(21)34(5,32)33/h10-11,16,18,21-23H,6-9,12-15,17H2,1-5H3/t21-,22+,23-/m0/s1. The van der Waals surface area contributed by atoms with Crippen molar-refractivity contribution in [2.75, 3.05) is 25.9 Å². The van der Waals surface area contributed by atoms with Crippen LogP contribution in [0.1, 0.15) is 75.9 Å². The molecule has 3 rings (SSSR count). The van der Waals surface area contributed by atoms with E-state index in [0.29, 0.717) is 18.5 Å². The summed E-state index contributed by atoms with van der Waals surface area (Å²) in [5.41, 5.74) is 1.41. The highest BCUT2D eigenvalue weighted by Crippen LogP contribution is 2.41. The summed E-state index contributed by atoms with van der Waals surface area (Å²) in [6.07, 6.45) is 7.76. The Morgan fingerprint density at radius 3 is 2.32 bits per heavy atom. The highest BCUT2D eigenvalue weighted by molar-refractivity contribution is 7.88. The minimum Gasteiger partial charge on any atom is -0.333 e. The van der Waals surface area contributed by atoms with Crippen molar-refractivity contribution in [1.29, 1.82) is 0 Å². The van der Waals surface area contributed by atoms with Crippen molar-refractivity contribution in [2.24, 2.45) is 11.8 Å². The Labute approximate surface area is 204 Å². The molecule has 3 atom stereocenters. The summed E-state index contributed by atoms with van der Waals surface area (Å²) >= 11 is 0. The number of hydrogen-bond donors (Lipinski definition) is 0. The highest BCUT2D eigenvalue weighted by Gasteiger charge is 2.58. The Morgan fingerprint density at radius 1 is 1.18 bits per heavy atom. The fourth-order valence-electron chi connectivity index (χ4n) is 5.34. The SMILES string of the molecule is CCCCN(CCCC)Cc1ccc(C(=O)N2CC[C@H]3[C@H]2[C@@H](C(C)C)C(=O)N3S(C)(=O)=O)cn1. The van der Waals surface area contributed by atoms with Crippen LogP contribution >= 0.6 is 0 Å². The molecule has 34 heavy (non-hydrogen) atoms. The van der Waals surface area contributed by atoms with E-state index < -0.39 is 33.9 Å². The van der Waals surface area contributed by atoms with Crippen LogP contribution in [0, 0.1) is 11.8 Å². The Morgan fingerprint density at radius 2 is 1.82 bits per heavy atom. The lowest BCUT2D eigenvalue weighted by atomic mass is 9.88. The molecule has 0 spiro atoms. The zero-order valence-electron chi connectivity index (χ0n) is 21.2. The molecule has 190 valence electrons. The molecule has 2 fully saturated rings. The summed E-state index contributed by atoms with van der Waals surface area (Å²) in [6.45, 7) is 11.5. The summed E-state index contributed by atoms with van der Waals surface area (Å²) < 4.78 is 25.7. The van der Waals surface area contributed by atoms with Crippen LogP contribution in [0.5, 0.6) is 0 Å². The second-order valence-corrected chi connectivity index (χ2v) is 11.9. The van der Waals surface area contributed by atoms with E-state index in [2.05, 4.69) is 23.7 Å². The van der Waals surface area contributed by atoms with Crippen LogP contribution in [0.15, 0.2) is 18.3 Å². The molecule has 2 amide bonds. The molecule has 9 heteroatoms. The van der Waals surface area contributed by atoms with Crippen LogP contribution in [0.4, 0.5) is 0 Å². The third kappa shape index (κ3) is 5.62. The van der Waals surface area contributed by atoms with E-state index in [1.807, 2.05) is 26.0 Å². The number of amides is 2. The Kier molecular flexibility index (Phi) is 8.73. The van der Waals surface area contributed by atoms with E-state index in [9.17, 15) is 18.0 Å². The van der Waals surface area contributed by atoms with E-state index in [4.69, 9.17) is 0 Å². The molecule has 0 unspecified atom stereocenters. The van der Waals surface area contributed by atoms with Crippen LogP contribution in [0.3, 0.4) is 0 Å². The van der Waals surface area contributed by atoms with E-state index in [1.54, 1.807) is 11.1 Å². The van der Waals surface area contributed by atoms with Gasteiger partial charge < -0.3 is 4.90 Å². The number of pyridine rings is 1. The lowest BCUT2D eigenvalue weighted by Gasteiger charge is -2.29. The average molecular weight is 493 g/mol. The average Bonchev–Trinajstić information content (AvgIpc) is 3.31. The van der Waals surface area contributed by atoms with E-state index in [-0.39, 0.29) is 11.8 Å². The Hall–Kier alpha value is -2.00. The third-order valence-electron chi connectivity index (χ3n) is 7.04. The molecule has 2 aliphatic rings. The van der Waals surface area contributed by atoms with Crippen LogP contribution in [0.25, 0.3) is 0 Å². The molecule has 2 aliphatic heterocycles. The number of sulfonamides is 1. The zero-order chi connectivity index (χ0) is 25.0. The van der Waals surface area contributed by atoms with E-state index in [0.717, 1.165) is 61.6 Å². The number of carbonyl (C=O) groups excluding carboxylic acids is 2. The maximum Gasteiger partial charge on any atom is 0.255 e. The first-order valence-electron chi connectivity index (χ1n) is 12.6. The number of nitrogens with zero attached hydrogens (tertiary/aromatic N) is 4. The number of unbranched alkanes of at least 4 members (excludes halogenated alkanes) is 2. The van der Waals surface area contributed by atoms with Crippen molar-refractivity contribution in [2.45, 2.75) is 78.4 Å². The van der Waals surface area contributed by atoms with Gasteiger partial charge in [0, 0.05) is 19.3 Å². The highest BCUT2D eigenvalue weighted by atomic mass is 32.2. The molecule has 2 saturated heterocycles. The number of likely N-dealkylation sites (tertiary alicyclic amines) is 1. The van der Waals surface area contributed by atoms with Gasteiger partial charge in [-0.05, 0) is 50.4 Å². The predicted octanol–water partition coefficient (Wildman–Crippen LogP) is 3.14. The van der Waals surface area contributed by atoms with Gasteiger partial charge in [0.15, 0.2) is 0 Å². The first-order valence-corrected chi connectivity index (χ1v) is 14.5. The van der Waals surface area contributed by atoms with Gasteiger partial charge in [0.1, 0.15) is 0 Å². The molecule has 0 bridgehead atoms. The first kappa shape index (κ1) is 26.6. The minimum atomic E-state index is -3.69. The van der Waals surface area contributed by atoms with Gasteiger partial charge in [-0.25, -0.2) is 12.7 Å². The van der Waals surface area contributed by atoms with Gasteiger partial charge in [-0.2, -0.15) is 0 Å². The van der Waals surface area contributed by atoms with Crippen molar-refractivity contribution in [3.63, 3.8) is 0 Å². The van der Waals surface area contributed by atoms with Gasteiger partial charge in [-0.1, -0.05) is 40.5 Å². The van der Waals surface area contributed by atoms with Crippen molar-refractivity contribution < 1.29 is 18.0 Å². The van der Waals surface area contributed by atoms with E-state index in [1.165, 1.54) is 0 Å². The van der Waals surface area contributed by atoms with Crippen LogP contribution in [-0.2, 0) is 21.4 Å². The van der Waals surface area contributed by atoms with Crippen LogP contribution in [0.2, 0.25) is 0 Å². The van der Waals surface area contributed by atoms with Gasteiger partial charge in [-0.15, -0.1) is 0 Å². The molecule has 0 aliphatic carbocycles. The lowest BCUT2D eigenvalue weighted by Crippen LogP contribution is -2.44. The molecule has 0 aromatic carbocycles. The van der Waals surface area contributed by atoms with Gasteiger partial charge in [0.2, 0.25) is 15.9 Å². The van der Waals surface area contributed by atoms with E-state index >= 15 is 0 Å². The molecule has 8 nitrogen and oxygen atoms in total. The van der Waals surface area contributed by atoms with Crippen molar-refractivity contribution in [3.8, 4) is 0 Å². The van der Waals surface area contributed by atoms with Crippen molar-refractivity contribution in [1.82, 2.24) is 19.1 Å². The molecular formula is C25H40N4O4S. The summed E-state index contributed by atoms with van der Waals surface area (Å²) in [5.74, 6) is -1.17. The summed E-state index contributed by atoms with van der Waals surface area (Å²) in [5, 5.41) is 0. The van der Waals surface area contributed by atoms with Gasteiger partial charge in [0.05, 0.1) is 35.5 Å². The molecule has 0 radical (unpaired) electrons. The zero-order valence-corrected chi connectivity index (χ0v) is 22.1. The maximum absolute atomic E-state index is 13.4. The second kappa shape index (κ2) is 11.2. The van der Waals surface area contributed by atoms with Gasteiger partial charge in [0.25, 0.3) is 5.91 Å². The third-order valence-corrected chi connectivity index (χ3v) is 8.21. The molecule has 3 heterocycles. The number of carbonyl (C=O) groups is 2. The summed E-state index contributed by atoms with van der Waals surface area (Å²) in [6, 6.07) is 2.80. The van der Waals surface area contributed by atoms with Gasteiger partial charge in [-0.3, -0.25) is 19.5 Å². The molecule has 1 aromatic rings. The summed E-state index contributed by atoms with van der Waals surface area (Å²) in [7, 11) is -3.69. The predicted molar refractivity (Wildman–Crippen MR) is 133 cm³/mol. The number of aromatic nitrogens is 1. The normalized spacial score (nSPS) is 22.8. The molecule has 0 N–H and O–H groups in total. The smallest absolute Gasteiger partial charge is 0.255 e. The number of hydrogen-bond acceptors (Lipinski definition) is 6. The minimum absolute atomic E-state index is 0.0714. The number of fused-ring (bicyclic) bond motifs is 1. The number of rotatable bonds is 11. The Bertz CT molecular complexity index is 956. The van der Waals surface area contributed by atoms with Crippen LogP contribution in [-0.4, -0.2) is 77.3 Å². The largest absolute Gasteiger partial charge is 0.333 e. The monoisotopic (exact) mass is 492 g/mol. The lowest BCUT2D eigenvalue weighted by molar-refractivity contribution is -0.129. The quantitative estimate of drug-likeness (QED) is 0.471.